The standard InChI is InChI=1S/C20H16Cl2F3N5O3S/c1-11(31)26-8-2-3-18-27-28-19(29(18)13-5-6-14(21)15(22)10-13)34-17-7-4-12(20(23,24)25)9-16(17)30(32)33/h4-7,9-10H,2-3,8H2,1H3,(H,26,31). The Bertz CT molecular complexity index is 1240. The van der Waals surface area contributed by atoms with Gasteiger partial charge < -0.3 is 5.32 Å². The zero-order valence-corrected chi connectivity index (χ0v) is 19.7. The predicted octanol–water partition coefficient (Wildman–Crippen LogP) is 5.72. The number of carbonyl (C=O) groups is 1. The lowest BCUT2D eigenvalue weighted by Crippen LogP contribution is -2.21. The monoisotopic (exact) mass is 533 g/mol. The summed E-state index contributed by atoms with van der Waals surface area (Å²) in [6, 6.07) is 7.02. The molecule has 0 saturated carbocycles. The lowest BCUT2D eigenvalue weighted by molar-refractivity contribution is -0.388. The fraction of sp³-hybridized carbons (Fsp3) is 0.250. The summed E-state index contributed by atoms with van der Waals surface area (Å²) in [7, 11) is 0. The van der Waals surface area contributed by atoms with E-state index in [-0.39, 0.29) is 21.0 Å². The first-order chi connectivity index (χ1) is 16.0. The van der Waals surface area contributed by atoms with E-state index >= 15 is 0 Å². The number of nitrogens with zero attached hydrogens (tertiary/aromatic N) is 4. The first kappa shape index (κ1) is 25.8. The van der Waals surface area contributed by atoms with Crippen LogP contribution in [-0.2, 0) is 17.4 Å². The van der Waals surface area contributed by atoms with Crippen molar-refractivity contribution in [3.8, 4) is 5.69 Å². The van der Waals surface area contributed by atoms with E-state index in [9.17, 15) is 28.1 Å². The van der Waals surface area contributed by atoms with Crippen LogP contribution in [-0.4, -0.2) is 32.1 Å². The lowest BCUT2D eigenvalue weighted by Gasteiger charge is -2.12. The Labute approximate surface area is 205 Å². The van der Waals surface area contributed by atoms with Crippen LogP contribution in [0.3, 0.4) is 0 Å². The maximum absolute atomic E-state index is 13.0. The van der Waals surface area contributed by atoms with Gasteiger partial charge in [0.25, 0.3) is 5.69 Å². The molecule has 3 aromatic rings. The molecule has 0 atom stereocenters. The van der Waals surface area contributed by atoms with Gasteiger partial charge in [0.1, 0.15) is 5.82 Å². The molecule has 0 fully saturated rings. The van der Waals surface area contributed by atoms with Crippen LogP contribution in [0, 0.1) is 10.1 Å². The zero-order chi connectivity index (χ0) is 25.0. The van der Waals surface area contributed by atoms with Crippen molar-refractivity contribution in [3.63, 3.8) is 0 Å². The molecule has 0 bridgehead atoms. The number of benzene rings is 2. The van der Waals surface area contributed by atoms with Gasteiger partial charge in [0.05, 0.1) is 31.1 Å². The highest BCUT2D eigenvalue weighted by atomic mass is 35.5. The molecule has 180 valence electrons. The first-order valence-electron chi connectivity index (χ1n) is 9.65. The molecule has 0 aliphatic carbocycles. The largest absolute Gasteiger partial charge is 0.416 e. The van der Waals surface area contributed by atoms with Crippen molar-refractivity contribution >= 4 is 46.6 Å². The maximum atomic E-state index is 13.0. The van der Waals surface area contributed by atoms with Crippen LogP contribution in [0.2, 0.25) is 10.0 Å². The Kier molecular flexibility index (Phi) is 8.05. The number of rotatable bonds is 8. The number of hydrogen-bond acceptors (Lipinski definition) is 6. The van der Waals surface area contributed by atoms with E-state index in [4.69, 9.17) is 23.2 Å². The fourth-order valence-electron chi connectivity index (χ4n) is 2.94. The van der Waals surface area contributed by atoms with Gasteiger partial charge in [0.2, 0.25) is 11.1 Å². The topological polar surface area (TPSA) is 103 Å². The van der Waals surface area contributed by atoms with E-state index in [2.05, 4.69) is 15.5 Å². The molecule has 0 saturated heterocycles. The summed E-state index contributed by atoms with van der Waals surface area (Å²) in [5.74, 6) is 0.276. The molecule has 0 spiro atoms. The third-order valence-corrected chi connectivity index (χ3v) is 6.25. The predicted molar refractivity (Wildman–Crippen MR) is 121 cm³/mol. The number of aromatic nitrogens is 3. The zero-order valence-electron chi connectivity index (χ0n) is 17.4. The summed E-state index contributed by atoms with van der Waals surface area (Å²) in [5.41, 5.74) is -1.34. The van der Waals surface area contributed by atoms with Gasteiger partial charge >= 0.3 is 6.18 Å². The van der Waals surface area contributed by atoms with Crippen LogP contribution in [0.5, 0.6) is 0 Å². The molecule has 14 heteroatoms. The molecule has 0 aliphatic rings. The number of carbonyl (C=O) groups excluding carboxylic acids is 1. The van der Waals surface area contributed by atoms with E-state index in [1.807, 2.05) is 0 Å². The van der Waals surface area contributed by atoms with Gasteiger partial charge in [0, 0.05) is 26.0 Å². The molecule has 3 rings (SSSR count). The first-order valence-corrected chi connectivity index (χ1v) is 11.2. The molecule has 2 aromatic carbocycles. The molecule has 0 unspecified atom stereocenters. The van der Waals surface area contributed by atoms with E-state index in [1.165, 1.54) is 6.92 Å². The van der Waals surface area contributed by atoms with Crippen molar-refractivity contribution in [2.24, 2.45) is 0 Å². The summed E-state index contributed by atoms with van der Waals surface area (Å²) in [5, 5.41) is 23.1. The van der Waals surface area contributed by atoms with Crippen molar-refractivity contribution < 1.29 is 22.9 Å². The Morgan fingerprint density at radius 2 is 1.91 bits per heavy atom. The smallest absolute Gasteiger partial charge is 0.356 e. The van der Waals surface area contributed by atoms with Crippen LogP contribution in [0.25, 0.3) is 5.69 Å². The molecule has 1 amide bonds. The average molecular weight is 534 g/mol. The van der Waals surface area contributed by atoms with Gasteiger partial charge in [-0.25, -0.2) is 0 Å². The second kappa shape index (κ2) is 10.6. The Morgan fingerprint density at radius 3 is 2.53 bits per heavy atom. The van der Waals surface area contributed by atoms with Crippen molar-refractivity contribution in [2.45, 2.75) is 36.0 Å². The molecule has 34 heavy (non-hydrogen) atoms. The Balaban J connectivity index is 2.02. The van der Waals surface area contributed by atoms with Crippen molar-refractivity contribution in [1.29, 1.82) is 0 Å². The van der Waals surface area contributed by atoms with Crippen molar-refractivity contribution in [1.82, 2.24) is 20.1 Å². The van der Waals surface area contributed by atoms with Gasteiger partial charge in [0.15, 0.2) is 0 Å². The van der Waals surface area contributed by atoms with Gasteiger partial charge in [-0.15, -0.1) is 10.2 Å². The SMILES string of the molecule is CC(=O)NCCCc1nnc(Sc2ccc(C(F)(F)F)cc2[N+](=O)[O-])n1-c1ccc(Cl)c(Cl)c1. The summed E-state index contributed by atoms with van der Waals surface area (Å²) < 4.78 is 40.7. The minimum atomic E-state index is -4.73. The Hall–Kier alpha value is -2.83. The second-order valence-corrected chi connectivity index (χ2v) is 8.78. The normalized spacial score (nSPS) is 11.5. The number of halogens is 5. The molecule has 1 heterocycles. The third kappa shape index (κ3) is 6.19. The highest BCUT2D eigenvalue weighted by Crippen LogP contribution is 2.39. The quantitative estimate of drug-likeness (QED) is 0.225. The van der Waals surface area contributed by atoms with E-state index < -0.39 is 22.4 Å². The highest BCUT2D eigenvalue weighted by molar-refractivity contribution is 7.99. The van der Waals surface area contributed by atoms with E-state index in [1.54, 1.807) is 22.8 Å². The Morgan fingerprint density at radius 1 is 1.18 bits per heavy atom. The molecule has 0 radical (unpaired) electrons. The number of nitro benzene ring substituents is 1. The number of aryl methyl sites for hydroxylation is 1. The summed E-state index contributed by atoms with van der Waals surface area (Å²) in [4.78, 5) is 21.6. The number of alkyl halides is 3. The van der Waals surface area contributed by atoms with Crippen molar-refractivity contribution in [2.75, 3.05) is 6.54 Å². The summed E-state index contributed by atoms with van der Waals surface area (Å²) >= 11 is 12.9. The van der Waals surface area contributed by atoms with Crippen molar-refractivity contribution in [3.05, 3.63) is 67.9 Å². The summed E-state index contributed by atoms with van der Waals surface area (Å²) in [6.45, 7) is 1.78. The van der Waals surface area contributed by atoms with Crippen LogP contribution in [0.4, 0.5) is 18.9 Å². The van der Waals surface area contributed by atoms with Crippen LogP contribution in [0.1, 0.15) is 24.7 Å². The number of nitro groups is 1. The van der Waals surface area contributed by atoms with E-state index in [0.29, 0.717) is 42.0 Å². The fourth-order valence-corrected chi connectivity index (χ4v) is 4.19. The van der Waals surface area contributed by atoms with Gasteiger partial charge in [-0.1, -0.05) is 23.2 Å². The summed E-state index contributed by atoms with van der Waals surface area (Å²) in [6.07, 6.45) is -3.83. The van der Waals surface area contributed by atoms with E-state index in [0.717, 1.165) is 23.9 Å². The molecule has 8 nitrogen and oxygen atoms in total. The molecular weight excluding hydrogens is 518 g/mol. The second-order valence-electron chi connectivity index (χ2n) is 6.96. The minimum Gasteiger partial charge on any atom is -0.356 e. The lowest BCUT2D eigenvalue weighted by atomic mass is 10.2. The molecule has 0 aliphatic heterocycles. The molecule has 1 N–H and O–H groups in total. The molecular formula is C20H16Cl2F3N5O3S. The number of amides is 1. The minimum absolute atomic E-state index is 0.0449. The van der Waals surface area contributed by atoms with Gasteiger partial charge in [-0.2, -0.15) is 13.2 Å². The van der Waals surface area contributed by atoms with Crippen LogP contribution >= 0.6 is 35.0 Å². The maximum Gasteiger partial charge on any atom is 0.416 e. The van der Waals surface area contributed by atoms with Crippen LogP contribution in [0.15, 0.2) is 46.5 Å². The average Bonchev–Trinajstić information content (AvgIpc) is 3.14. The van der Waals surface area contributed by atoms with Crippen LogP contribution < -0.4 is 5.32 Å². The number of nitrogens with one attached hydrogen (secondary N) is 1. The number of hydrogen-bond donors (Lipinski definition) is 1. The van der Waals surface area contributed by atoms with Gasteiger partial charge in [-0.3, -0.25) is 19.5 Å². The van der Waals surface area contributed by atoms with Gasteiger partial charge in [-0.05, 0) is 48.5 Å². The third-order valence-electron chi connectivity index (χ3n) is 4.50. The highest BCUT2D eigenvalue weighted by Gasteiger charge is 2.33. The molecule has 1 aromatic heterocycles.